The molecule has 0 aliphatic heterocycles. The summed E-state index contributed by atoms with van der Waals surface area (Å²) < 4.78 is 13.8. The quantitative estimate of drug-likeness (QED) is 0.627. The van der Waals surface area contributed by atoms with Gasteiger partial charge in [-0.15, -0.1) is 0 Å². The molecule has 0 heterocycles. The van der Waals surface area contributed by atoms with E-state index >= 15 is 0 Å². The maximum absolute atomic E-state index is 13.8. The number of fused-ring (bicyclic) bond motifs is 1. The van der Waals surface area contributed by atoms with Gasteiger partial charge in [0.25, 0.3) is 0 Å². The fourth-order valence-corrected chi connectivity index (χ4v) is 2.32. The fourth-order valence-electron chi connectivity index (χ4n) is 2.15. The van der Waals surface area contributed by atoms with Crippen molar-refractivity contribution in [3.63, 3.8) is 0 Å². The number of anilines is 1. The van der Waals surface area contributed by atoms with Gasteiger partial charge in [-0.1, -0.05) is 29.8 Å². The maximum atomic E-state index is 13.8. The summed E-state index contributed by atoms with van der Waals surface area (Å²) in [4.78, 5) is 0. The summed E-state index contributed by atoms with van der Waals surface area (Å²) in [5, 5.41) is 2.58. The van der Waals surface area contributed by atoms with Crippen molar-refractivity contribution in [3.05, 3.63) is 65.4 Å². The van der Waals surface area contributed by atoms with E-state index in [0.29, 0.717) is 16.3 Å². The van der Waals surface area contributed by atoms with Crippen molar-refractivity contribution in [3.8, 4) is 11.1 Å². The third-order valence-electron chi connectivity index (χ3n) is 3.10. The van der Waals surface area contributed by atoms with Gasteiger partial charge < -0.3 is 5.73 Å². The van der Waals surface area contributed by atoms with Crippen molar-refractivity contribution in [1.29, 1.82) is 0 Å². The Morgan fingerprint density at radius 2 is 1.58 bits per heavy atom. The third-order valence-corrected chi connectivity index (χ3v) is 3.34. The largest absolute Gasteiger partial charge is 0.399 e. The lowest BCUT2D eigenvalue weighted by atomic mass is 10.0. The average Bonchev–Trinajstić information content (AvgIpc) is 2.41. The Hall–Kier alpha value is -2.06. The van der Waals surface area contributed by atoms with Crippen LogP contribution in [0.25, 0.3) is 21.9 Å². The van der Waals surface area contributed by atoms with Crippen LogP contribution in [0.15, 0.2) is 54.6 Å². The molecule has 3 rings (SSSR count). The van der Waals surface area contributed by atoms with E-state index in [2.05, 4.69) is 0 Å². The molecule has 0 amide bonds. The molecule has 0 atom stereocenters. The third kappa shape index (κ3) is 2.27. The van der Waals surface area contributed by atoms with Crippen molar-refractivity contribution in [2.75, 3.05) is 5.73 Å². The highest BCUT2D eigenvalue weighted by Crippen LogP contribution is 2.29. The molecular weight excluding hydrogens is 261 g/mol. The SMILES string of the molecule is Nc1ccc2cc(-c3cc(Cl)ccc3F)ccc2c1. The first-order valence-electron chi connectivity index (χ1n) is 5.88. The van der Waals surface area contributed by atoms with Crippen LogP contribution in [0.5, 0.6) is 0 Å². The van der Waals surface area contributed by atoms with Crippen LogP contribution in [-0.2, 0) is 0 Å². The lowest BCUT2D eigenvalue weighted by Gasteiger charge is -2.06. The molecule has 1 nitrogen and oxygen atoms in total. The van der Waals surface area contributed by atoms with E-state index in [1.54, 1.807) is 12.1 Å². The highest BCUT2D eigenvalue weighted by molar-refractivity contribution is 6.30. The number of nitrogens with two attached hydrogens (primary N) is 1. The van der Waals surface area contributed by atoms with E-state index in [4.69, 9.17) is 17.3 Å². The van der Waals surface area contributed by atoms with Gasteiger partial charge in [-0.05, 0) is 52.7 Å². The van der Waals surface area contributed by atoms with Crippen molar-refractivity contribution in [1.82, 2.24) is 0 Å². The summed E-state index contributed by atoms with van der Waals surface area (Å²) in [5.41, 5.74) is 7.77. The number of benzene rings is 3. The van der Waals surface area contributed by atoms with Gasteiger partial charge in [0.15, 0.2) is 0 Å². The zero-order valence-corrected chi connectivity index (χ0v) is 10.8. The van der Waals surface area contributed by atoms with Gasteiger partial charge in [0.2, 0.25) is 0 Å². The molecule has 0 radical (unpaired) electrons. The van der Waals surface area contributed by atoms with Crippen molar-refractivity contribution in [2.45, 2.75) is 0 Å². The van der Waals surface area contributed by atoms with E-state index in [1.807, 2.05) is 36.4 Å². The molecule has 3 aromatic carbocycles. The molecule has 0 spiro atoms. The highest BCUT2D eigenvalue weighted by Gasteiger charge is 2.06. The number of rotatable bonds is 1. The summed E-state index contributed by atoms with van der Waals surface area (Å²) in [6.07, 6.45) is 0. The van der Waals surface area contributed by atoms with E-state index in [-0.39, 0.29) is 5.82 Å². The van der Waals surface area contributed by atoms with Crippen molar-refractivity contribution >= 4 is 28.1 Å². The standard InChI is InChI=1S/C16H11ClFN/c17-13-4-6-16(18)15(9-13)12-2-1-11-8-14(19)5-3-10(11)7-12/h1-9H,19H2. The Bertz CT molecular complexity index is 768. The summed E-state index contributed by atoms with van der Waals surface area (Å²) in [6, 6.07) is 16.0. The second-order valence-corrected chi connectivity index (χ2v) is 4.88. The van der Waals surface area contributed by atoms with E-state index < -0.39 is 0 Å². The first-order valence-corrected chi connectivity index (χ1v) is 6.26. The Labute approximate surface area is 115 Å². The number of halogens is 2. The van der Waals surface area contributed by atoms with E-state index in [1.165, 1.54) is 6.07 Å². The van der Waals surface area contributed by atoms with Crippen LogP contribution in [0.3, 0.4) is 0 Å². The summed E-state index contributed by atoms with van der Waals surface area (Å²) in [7, 11) is 0. The molecule has 19 heavy (non-hydrogen) atoms. The van der Waals surface area contributed by atoms with Crippen molar-refractivity contribution < 1.29 is 4.39 Å². The second kappa shape index (κ2) is 4.56. The Morgan fingerprint density at radius 1 is 0.842 bits per heavy atom. The Kier molecular flexibility index (Phi) is 2.88. The minimum absolute atomic E-state index is 0.279. The number of hydrogen-bond donors (Lipinski definition) is 1. The molecule has 0 saturated carbocycles. The molecule has 94 valence electrons. The normalized spacial score (nSPS) is 10.8. The monoisotopic (exact) mass is 271 g/mol. The highest BCUT2D eigenvalue weighted by atomic mass is 35.5. The van der Waals surface area contributed by atoms with Gasteiger partial charge in [0, 0.05) is 16.3 Å². The lowest BCUT2D eigenvalue weighted by Crippen LogP contribution is -1.86. The van der Waals surface area contributed by atoms with E-state index in [9.17, 15) is 4.39 Å². The lowest BCUT2D eigenvalue weighted by molar-refractivity contribution is 0.631. The molecule has 0 aliphatic carbocycles. The first kappa shape index (κ1) is 12.0. The minimum atomic E-state index is -0.279. The number of hydrogen-bond acceptors (Lipinski definition) is 1. The van der Waals surface area contributed by atoms with Gasteiger partial charge in [-0.25, -0.2) is 4.39 Å². The molecule has 0 aromatic heterocycles. The molecule has 3 heteroatoms. The minimum Gasteiger partial charge on any atom is -0.399 e. The van der Waals surface area contributed by atoms with Crippen molar-refractivity contribution in [2.24, 2.45) is 0 Å². The van der Waals surface area contributed by atoms with Gasteiger partial charge in [-0.3, -0.25) is 0 Å². The van der Waals surface area contributed by atoms with Crippen LogP contribution >= 0.6 is 11.6 Å². The Morgan fingerprint density at radius 3 is 2.42 bits per heavy atom. The number of nitrogen functional groups attached to an aromatic ring is 1. The van der Waals surface area contributed by atoms with Gasteiger partial charge in [0.1, 0.15) is 5.82 Å². The summed E-state index contributed by atoms with van der Waals surface area (Å²) in [5.74, 6) is -0.279. The van der Waals surface area contributed by atoms with Gasteiger partial charge >= 0.3 is 0 Å². The summed E-state index contributed by atoms with van der Waals surface area (Å²) >= 11 is 5.92. The zero-order valence-electron chi connectivity index (χ0n) is 10.0. The molecular formula is C16H11ClFN. The second-order valence-electron chi connectivity index (χ2n) is 4.45. The Balaban J connectivity index is 2.20. The van der Waals surface area contributed by atoms with Gasteiger partial charge in [0.05, 0.1) is 0 Å². The fraction of sp³-hybridized carbons (Fsp3) is 0. The molecule has 0 unspecified atom stereocenters. The van der Waals surface area contributed by atoms with E-state index in [0.717, 1.165) is 16.3 Å². The van der Waals surface area contributed by atoms with Crippen LogP contribution in [0.4, 0.5) is 10.1 Å². The zero-order chi connectivity index (χ0) is 13.4. The molecule has 0 saturated heterocycles. The predicted octanol–water partition coefficient (Wildman–Crippen LogP) is 4.88. The maximum Gasteiger partial charge on any atom is 0.131 e. The molecule has 0 bridgehead atoms. The van der Waals surface area contributed by atoms with Crippen LogP contribution < -0.4 is 5.73 Å². The molecule has 2 N–H and O–H groups in total. The van der Waals surface area contributed by atoms with Crippen LogP contribution in [-0.4, -0.2) is 0 Å². The molecule has 0 aliphatic rings. The van der Waals surface area contributed by atoms with Crippen LogP contribution in [0, 0.1) is 5.82 Å². The average molecular weight is 272 g/mol. The predicted molar refractivity (Wildman–Crippen MR) is 78.8 cm³/mol. The molecule has 3 aromatic rings. The van der Waals surface area contributed by atoms with Crippen LogP contribution in [0.1, 0.15) is 0 Å². The topological polar surface area (TPSA) is 26.0 Å². The summed E-state index contributed by atoms with van der Waals surface area (Å²) in [6.45, 7) is 0. The smallest absolute Gasteiger partial charge is 0.131 e. The molecule has 0 fully saturated rings. The first-order chi connectivity index (χ1) is 9.13. The van der Waals surface area contributed by atoms with Crippen LogP contribution in [0.2, 0.25) is 5.02 Å². The van der Waals surface area contributed by atoms with Gasteiger partial charge in [-0.2, -0.15) is 0 Å².